The van der Waals surface area contributed by atoms with Gasteiger partial charge in [-0.25, -0.2) is 9.78 Å². The van der Waals surface area contributed by atoms with Crippen LogP contribution in [0.2, 0.25) is 0 Å². The molecule has 0 atom stereocenters. The number of ether oxygens (including phenoxy) is 1. The minimum Gasteiger partial charge on any atom is -0.456 e. The molecule has 32 heavy (non-hydrogen) atoms. The van der Waals surface area contributed by atoms with Crippen LogP contribution in [0.25, 0.3) is 5.65 Å². The quantitative estimate of drug-likeness (QED) is 0.279. The van der Waals surface area contributed by atoms with Crippen LogP contribution in [0.1, 0.15) is 21.6 Å². The van der Waals surface area contributed by atoms with Gasteiger partial charge in [-0.2, -0.15) is 0 Å². The molecule has 0 fully saturated rings. The number of anilines is 2. The summed E-state index contributed by atoms with van der Waals surface area (Å²) in [6.45, 7) is 1.64. The fourth-order valence-electron chi connectivity index (χ4n) is 3.14. The van der Waals surface area contributed by atoms with Gasteiger partial charge in [0.15, 0.2) is 0 Å². The number of fused-ring (bicyclic) bond motifs is 1. The Balaban J connectivity index is 1.53. The molecule has 0 radical (unpaired) electrons. The maximum Gasteiger partial charge on any atom is 0.338 e. The second-order valence-corrected chi connectivity index (χ2v) is 7.07. The number of hydrogen-bond donors (Lipinski definition) is 1. The van der Waals surface area contributed by atoms with Crippen molar-refractivity contribution in [1.82, 2.24) is 9.38 Å². The summed E-state index contributed by atoms with van der Waals surface area (Å²) in [6, 6.07) is 17.8. The summed E-state index contributed by atoms with van der Waals surface area (Å²) in [5.74, 6) is -0.759. The van der Waals surface area contributed by atoms with E-state index in [1.807, 2.05) is 13.0 Å². The van der Waals surface area contributed by atoms with Crippen molar-refractivity contribution in [2.45, 2.75) is 13.5 Å². The van der Waals surface area contributed by atoms with Gasteiger partial charge in [-0.1, -0.05) is 18.2 Å². The van der Waals surface area contributed by atoms with Crippen molar-refractivity contribution in [3.63, 3.8) is 0 Å². The molecular formula is C23H18N4O5. The van der Waals surface area contributed by atoms with Crippen molar-refractivity contribution >= 4 is 28.7 Å². The fraction of sp³-hybridized carbons (Fsp3) is 0.0870. The van der Waals surface area contributed by atoms with Crippen molar-refractivity contribution in [3.8, 4) is 0 Å². The largest absolute Gasteiger partial charge is 0.456 e. The Morgan fingerprint density at radius 2 is 1.91 bits per heavy atom. The first-order valence-corrected chi connectivity index (χ1v) is 9.67. The van der Waals surface area contributed by atoms with Crippen LogP contribution in [0.5, 0.6) is 0 Å². The summed E-state index contributed by atoms with van der Waals surface area (Å²) in [5.41, 5.74) is 2.04. The Morgan fingerprint density at radius 3 is 2.66 bits per heavy atom. The average molecular weight is 430 g/mol. The lowest BCUT2D eigenvalue weighted by atomic mass is 10.1. The van der Waals surface area contributed by atoms with E-state index in [0.29, 0.717) is 11.3 Å². The lowest BCUT2D eigenvalue weighted by molar-refractivity contribution is -0.383. The van der Waals surface area contributed by atoms with Gasteiger partial charge in [0.25, 0.3) is 11.2 Å². The van der Waals surface area contributed by atoms with Crippen molar-refractivity contribution < 1.29 is 14.5 Å². The molecule has 160 valence electrons. The van der Waals surface area contributed by atoms with Crippen molar-refractivity contribution in [3.05, 3.63) is 110 Å². The number of esters is 1. The lowest BCUT2D eigenvalue weighted by Crippen LogP contribution is -2.16. The number of nitrogens with one attached hydrogen (secondary N) is 1. The number of pyridine rings is 1. The predicted molar refractivity (Wildman–Crippen MR) is 118 cm³/mol. The molecule has 1 N–H and O–H groups in total. The van der Waals surface area contributed by atoms with Gasteiger partial charge < -0.3 is 10.1 Å². The Morgan fingerprint density at radius 1 is 1.12 bits per heavy atom. The predicted octanol–water partition coefficient (Wildman–Crippen LogP) is 4.01. The standard InChI is InChI=1S/C23H18N4O5/c1-15-9-10-26-21(11-15)25-18(13-22(26)28)14-32-23(29)16-7-8-19(20(12-16)27(30)31)24-17-5-3-2-4-6-17/h2-13,24H,14H2,1H3. The molecule has 0 aliphatic heterocycles. The lowest BCUT2D eigenvalue weighted by Gasteiger charge is -2.09. The number of nitrogens with zero attached hydrogens (tertiary/aromatic N) is 3. The van der Waals surface area contributed by atoms with Crippen LogP contribution >= 0.6 is 0 Å². The number of carbonyl (C=O) groups excluding carboxylic acids is 1. The summed E-state index contributed by atoms with van der Waals surface area (Å²) in [4.78, 5) is 40.0. The normalized spacial score (nSPS) is 10.7. The van der Waals surface area contributed by atoms with Gasteiger partial charge in [-0.15, -0.1) is 0 Å². The minimum absolute atomic E-state index is 0.0173. The van der Waals surface area contributed by atoms with E-state index in [2.05, 4.69) is 10.3 Å². The fourth-order valence-corrected chi connectivity index (χ4v) is 3.14. The molecule has 4 rings (SSSR count). The third-order valence-corrected chi connectivity index (χ3v) is 4.71. The van der Waals surface area contributed by atoms with Crippen LogP contribution in [0.4, 0.5) is 17.1 Å². The van der Waals surface area contributed by atoms with Gasteiger partial charge in [-0.3, -0.25) is 19.3 Å². The number of nitro benzene ring substituents is 1. The zero-order chi connectivity index (χ0) is 22.7. The van der Waals surface area contributed by atoms with E-state index in [9.17, 15) is 19.7 Å². The van der Waals surface area contributed by atoms with E-state index >= 15 is 0 Å². The molecule has 2 heterocycles. The van der Waals surface area contributed by atoms with Crippen molar-refractivity contribution in [1.29, 1.82) is 0 Å². The van der Waals surface area contributed by atoms with Crippen LogP contribution in [0.15, 0.2) is 77.7 Å². The number of hydrogen-bond acceptors (Lipinski definition) is 7. The highest BCUT2D eigenvalue weighted by Gasteiger charge is 2.19. The Bertz CT molecular complexity index is 1380. The highest BCUT2D eigenvalue weighted by Crippen LogP contribution is 2.29. The number of aryl methyl sites for hydroxylation is 1. The number of benzene rings is 2. The van der Waals surface area contributed by atoms with Crippen LogP contribution in [0.3, 0.4) is 0 Å². The molecule has 0 spiro atoms. The summed E-state index contributed by atoms with van der Waals surface area (Å²) in [5, 5.41) is 14.5. The molecule has 2 aromatic heterocycles. The number of aromatic nitrogens is 2. The number of rotatable bonds is 6. The molecule has 9 nitrogen and oxygen atoms in total. The number of carbonyl (C=O) groups is 1. The topological polar surface area (TPSA) is 116 Å². The van der Waals surface area contributed by atoms with Gasteiger partial charge in [0.2, 0.25) is 0 Å². The third kappa shape index (κ3) is 4.46. The van der Waals surface area contributed by atoms with E-state index in [0.717, 1.165) is 11.6 Å². The molecule has 0 amide bonds. The van der Waals surface area contributed by atoms with Crippen molar-refractivity contribution in [2.75, 3.05) is 5.32 Å². The molecule has 0 aliphatic carbocycles. The summed E-state index contributed by atoms with van der Waals surface area (Å²) in [6.07, 6.45) is 1.62. The maximum absolute atomic E-state index is 12.5. The molecule has 0 bridgehead atoms. The van der Waals surface area contributed by atoms with Crippen molar-refractivity contribution in [2.24, 2.45) is 0 Å². The molecule has 0 unspecified atom stereocenters. The molecule has 0 saturated carbocycles. The Hall–Kier alpha value is -4.53. The summed E-state index contributed by atoms with van der Waals surface area (Å²) < 4.78 is 6.64. The smallest absolute Gasteiger partial charge is 0.338 e. The van der Waals surface area contributed by atoms with Crippen LogP contribution in [-0.4, -0.2) is 20.3 Å². The van der Waals surface area contributed by atoms with Crippen LogP contribution in [0, 0.1) is 17.0 Å². The van der Waals surface area contributed by atoms with E-state index in [1.54, 1.807) is 42.6 Å². The van der Waals surface area contributed by atoms with E-state index < -0.39 is 10.9 Å². The monoisotopic (exact) mass is 430 g/mol. The molecule has 0 aliphatic rings. The Kier molecular flexibility index (Phi) is 5.63. The number of para-hydroxylation sites is 1. The first kappa shape index (κ1) is 20.7. The zero-order valence-electron chi connectivity index (χ0n) is 17.0. The summed E-state index contributed by atoms with van der Waals surface area (Å²) in [7, 11) is 0. The second-order valence-electron chi connectivity index (χ2n) is 7.07. The maximum atomic E-state index is 12.5. The van der Waals surface area contributed by atoms with Gasteiger partial charge in [0.1, 0.15) is 17.9 Å². The highest BCUT2D eigenvalue weighted by atomic mass is 16.6. The van der Waals surface area contributed by atoms with E-state index in [4.69, 9.17) is 4.74 Å². The van der Waals surface area contributed by atoms with Gasteiger partial charge in [-0.05, 0) is 48.9 Å². The minimum atomic E-state index is -0.759. The van der Waals surface area contributed by atoms with Gasteiger partial charge in [0, 0.05) is 24.0 Å². The SMILES string of the molecule is Cc1ccn2c(=O)cc(COC(=O)c3ccc(Nc4ccccc4)c([N+](=O)[O-])c3)nc2c1. The molecule has 0 saturated heterocycles. The van der Waals surface area contributed by atoms with E-state index in [-0.39, 0.29) is 34.8 Å². The summed E-state index contributed by atoms with van der Waals surface area (Å²) >= 11 is 0. The first-order chi connectivity index (χ1) is 15.4. The highest BCUT2D eigenvalue weighted by molar-refractivity contribution is 5.91. The Labute approximate surface area is 182 Å². The first-order valence-electron chi connectivity index (χ1n) is 9.67. The van der Waals surface area contributed by atoms with Crippen LogP contribution < -0.4 is 10.9 Å². The van der Waals surface area contributed by atoms with Crippen LogP contribution in [-0.2, 0) is 11.3 Å². The molecular weight excluding hydrogens is 412 g/mol. The zero-order valence-corrected chi connectivity index (χ0v) is 17.0. The third-order valence-electron chi connectivity index (χ3n) is 4.71. The van der Waals surface area contributed by atoms with Gasteiger partial charge >= 0.3 is 5.97 Å². The molecule has 9 heteroatoms. The second kappa shape index (κ2) is 8.68. The average Bonchev–Trinajstić information content (AvgIpc) is 2.78. The van der Waals surface area contributed by atoms with Gasteiger partial charge in [0.05, 0.1) is 16.2 Å². The molecule has 4 aromatic rings. The molecule has 2 aromatic carbocycles. The van der Waals surface area contributed by atoms with E-state index in [1.165, 1.54) is 22.6 Å². The number of nitro groups is 1.